The molecule has 2 saturated heterocycles. The van der Waals surface area contributed by atoms with Gasteiger partial charge in [0.2, 0.25) is 0 Å². The second kappa shape index (κ2) is 8.66. The van der Waals surface area contributed by atoms with Gasteiger partial charge < -0.3 is 15.8 Å². The minimum atomic E-state index is 0.380. The Morgan fingerprint density at radius 1 is 1.15 bits per heavy atom. The topological polar surface area (TPSA) is 107 Å². The normalized spacial score (nSPS) is 19.3. The van der Waals surface area contributed by atoms with Gasteiger partial charge in [-0.2, -0.15) is 5.10 Å². The van der Waals surface area contributed by atoms with Gasteiger partial charge in [0, 0.05) is 42.3 Å². The van der Waals surface area contributed by atoms with E-state index >= 15 is 0 Å². The Balaban J connectivity index is 1.23. The number of likely N-dealkylation sites (tertiary alicyclic amines) is 1. The van der Waals surface area contributed by atoms with E-state index in [1.165, 1.54) is 6.42 Å². The van der Waals surface area contributed by atoms with Crippen LogP contribution in [0.25, 0.3) is 22.0 Å². The second-order valence-corrected chi connectivity index (χ2v) is 9.19. The predicted octanol–water partition coefficient (Wildman–Crippen LogP) is 3.56. The van der Waals surface area contributed by atoms with Crippen LogP contribution >= 0.6 is 0 Å². The monoisotopic (exact) mass is 456 g/mol. The molecule has 2 aliphatic heterocycles. The molecule has 0 radical (unpaired) electrons. The Kier molecular flexibility index (Phi) is 5.35. The van der Waals surface area contributed by atoms with E-state index in [9.17, 15) is 0 Å². The number of fused-ring (bicyclic) bond motifs is 1. The van der Waals surface area contributed by atoms with Crippen molar-refractivity contribution in [2.75, 3.05) is 37.4 Å². The highest BCUT2D eigenvalue weighted by atomic mass is 16.5. The van der Waals surface area contributed by atoms with Crippen LogP contribution in [0.5, 0.6) is 0 Å². The highest BCUT2D eigenvalue weighted by Gasteiger charge is 2.31. The van der Waals surface area contributed by atoms with Crippen molar-refractivity contribution < 1.29 is 4.74 Å². The van der Waals surface area contributed by atoms with Crippen LogP contribution in [0.4, 0.5) is 17.3 Å². The van der Waals surface area contributed by atoms with Gasteiger partial charge in [0.05, 0.1) is 42.9 Å². The molecular formula is C25H28N8O. The lowest BCUT2D eigenvalue weighted by Crippen LogP contribution is -2.52. The highest BCUT2D eigenvalue weighted by molar-refractivity contribution is 5.94. The second-order valence-electron chi connectivity index (χ2n) is 9.19. The van der Waals surface area contributed by atoms with Crippen LogP contribution < -0.4 is 11.1 Å². The van der Waals surface area contributed by atoms with Crippen LogP contribution in [0.3, 0.4) is 0 Å². The lowest BCUT2D eigenvalue weighted by Gasteiger charge is -2.42. The quantitative estimate of drug-likeness (QED) is 0.469. The number of pyridine rings is 3. The van der Waals surface area contributed by atoms with Crippen LogP contribution in [0.1, 0.15) is 24.4 Å². The first kappa shape index (κ1) is 21.0. The van der Waals surface area contributed by atoms with Crippen LogP contribution in [-0.4, -0.2) is 62.0 Å². The number of ether oxygens (including phenoxy) is 1. The molecule has 3 N–H and O–H groups in total. The Labute approximate surface area is 198 Å². The molecule has 174 valence electrons. The standard InChI is InChI=1S/C25H28N8O/c1-16-4-5-27-10-21(16)23-7-17-8-24(28-11-22(17)25(26)31-23)30-18-9-29-33(12-18)19-3-2-6-32(13-19)20-14-34-15-20/h4-5,7-12,19-20H,2-3,6,13-15H2,1H3,(H2,26,31)(H,28,30). The number of hydrogen-bond donors (Lipinski definition) is 2. The zero-order valence-electron chi connectivity index (χ0n) is 19.2. The highest BCUT2D eigenvalue weighted by Crippen LogP contribution is 2.30. The minimum Gasteiger partial charge on any atom is -0.383 e. The van der Waals surface area contributed by atoms with E-state index in [1.807, 2.05) is 37.5 Å². The third-order valence-corrected chi connectivity index (χ3v) is 6.87. The van der Waals surface area contributed by atoms with E-state index in [0.717, 1.165) is 71.8 Å². The zero-order chi connectivity index (χ0) is 23.1. The summed E-state index contributed by atoms with van der Waals surface area (Å²) in [5.74, 6) is 1.20. The number of anilines is 3. The van der Waals surface area contributed by atoms with Crippen LogP contribution in [0, 0.1) is 6.92 Å². The molecule has 6 rings (SSSR count). The molecule has 9 nitrogen and oxygen atoms in total. The van der Waals surface area contributed by atoms with Crippen LogP contribution in [0.2, 0.25) is 0 Å². The molecule has 4 aromatic heterocycles. The van der Waals surface area contributed by atoms with Crippen molar-refractivity contribution in [2.45, 2.75) is 31.8 Å². The molecular weight excluding hydrogens is 428 g/mol. The molecule has 1 atom stereocenters. The number of piperidine rings is 1. The smallest absolute Gasteiger partial charge is 0.133 e. The van der Waals surface area contributed by atoms with Gasteiger partial charge in [-0.25, -0.2) is 9.97 Å². The first-order valence-electron chi connectivity index (χ1n) is 11.7. The van der Waals surface area contributed by atoms with E-state index in [2.05, 4.69) is 41.1 Å². The number of hydrogen-bond acceptors (Lipinski definition) is 8. The molecule has 2 aliphatic rings. The van der Waals surface area contributed by atoms with Crippen molar-refractivity contribution in [3.05, 3.63) is 54.7 Å². The first-order chi connectivity index (χ1) is 16.6. The minimum absolute atomic E-state index is 0.380. The van der Waals surface area contributed by atoms with E-state index < -0.39 is 0 Å². The van der Waals surface area contributed by atoms with Crippen molar-refractivity contribution >= 4 is 28.1 Å². The predicted molar refractivity (Wildman–Crippen MR) is 132 cm³/mol. The van der Waals surface area contributed by atoms with Gasteiger partial charge in [-0.15, -0.1) is 0 Å². The van der Waals surface area contributed by atoms with Gasteiger partial charge >= 0.3 is 0 Å². The van der Waals surface area contributed by atoms with Gasteiger partial charge in [0.25, 0.3) is 0 Å². The largest absolute Gasteiger partial charge is 0.383 e. The molecule has 0 aliphatic carbocycles. The number of aromatic nitrogens is 5. The molecule has 6 heterocycles. The Morgan fingerprint density at radius 2 is 2.06 bits per heavy atom. The fourth-order valence-corrected chi connectivity index (χ4v) is 4.83. The van der Waals surface area contributed by atoms with Gasteiger partial charge in [0.1, 0.15) is 11.6 Å². The summed E-state index contributed by atoms with van der Waals surface area (Å²) in [6, 6.07) is 6.96. The fourth-order valence-electron chi connectivity index (χ4n) is 4.83. The third-order valence-electron chi connectivity index (χ3n) is 6.87. The Bertz CT molecular complexity index is 1330. The fraction of sp³-hybridized carbons (Fsp3) is 0.360. The SMILES string of the molecule is Cc1ccncc1-c1cc2cc(Nc3cnn(C4CCCN(C5COC5)C4)c3)ncc2c(N)n1. The molecule has 0 saturated carbocycles. The lowest BCUT2D eigenvalue weighted by molar-refractivity contribution is -0.0757. The summed E-state index contributed by atoms with van der Waals surface area (Å²) < 4.78 is 7.46. The molecule has 2 fully saturated rings. The molecule has 0 bridgehead atoms. The van der Waals surface area contributed by atoms with Crippen LogP contribution in [-0.2, 0) is 4.74 Å². The number of rotatable bonds is 5. The number of nitrogen functional groups attached to an aromatic ring is 1. The molecule has 34 heavy (non-hydrogen) atoms. The number of nitrogens with zero attached hydrogens (tertiary/aromatic N) is 6. The van der Waals surface area contributed by atoms with E-state index in [-0.39, 0.29) is 0 Å². The molecule has 1 unspecified atom stereocenters. The van der Waals surface area contributed by atoms with E-state index in [0.29, 0.717) is 17.9 Å². The molecule has 0 spiro atoms. The van der Waals surface area contributed by atoms with Gasteiger partial charge in [-0.1, -0.05) is 0 Å². The van der Waals surface area contributed by atoms with Gasteiger partial charge in [0.15, 0.2) is 0 Å². The summed E-state index contributed by atoms with van der Waals surface area (Å²) in [5.41, 5.74) is 10.1. The lowest BCUT2D eigenvalue weighted by atomic mass is 10.0. The van der Waals surface area contributed by atoms with Gasteiger partial charge in [-0.05, 0) is 55.5 Å². The van der Waals surface area contributed by atoms with Crippen molar-refractivity contribution in [3.63, 3.8) is 0 Å². The first-order valence-corrected chi connectivity index (χ1v) is 11.7. The van der Waals surface area contributed by atoms with E-state index in [4.69, 9.17) is 10.5 Å². The maximum Gasteiger partial charge on any atom is 0.133 e. The average molecular weight is 457 g/mol. The summed E-state index contributed by atoms with van der Waals surface area (Å²) in [7, 11) is 0. The van der Waals surface area contributed by atoms with Crippen molar-refractivity contribution in [2.24, 2.45) is 0 Å². The van der Waals surface area contributed by atoms with Crippen molar-refractivity contribution in [1.82, 2.24) is 29.6 Å². The summed E-state index contributed by atoms with van der Waals surface area (Å²) >= 11 is 0. The summed E-state index contributed by atoms with van der Waals surface area (Å²) in [4.78, 5) is 15.9. The average Bonchev–Trinajstić information content (AvgIpc) is 3.27. The van der Waals surface area contributed by atoms with Gasteiger partial charge in [-0.3, -0.25) is 14.6 Å². The summed E-state index contributed by atoms with van der Waals surface area (Å²) in [6.45, 7) is 5.92. The van der Waals surface area contributed by atoms with Crippen LogP contribution in [0.15, 0.2) is 49.2 Å². The molecule has 9 heteroatoms. The molecule has 0 amide bonds. The third kappa shape index (κ3) is 3.97. The molecule has 4 aromatic rings. The summed E-state index contributed by atoms with van der Waals surface area (Å²) in [5, 5.41) is 9.85. The number of nitrogens with two attached hydrogens (primary N) is 1. The zero-order valence-corrected chi connectivity index (χ0v) is 19.2. The summed E-state index contributed by atoms with van der Waals surface area (Å²) in [6.07, 6.45) is 11.6. The Hall–Kier alpha value is -3.56. The van der Waals surface area contributed by atoms with Crippen molar-refractivity contribution in [1.29, 1.82) is 0 Å². The maximum absolute atomic E-state index is 6.26. The molecule has 0 aromatic carbocycles. The Morgan fingerprint density at radius 3 is 2.88 bits per heavy atom. The number of nitrogens with one attached hydrogen (secondary N) is 1. The van der Waals surface area contributed by atoms with E-state index in [1.54, 1.807) is 12.4 Å². The van der Waals surface area contributed by atoms with Crippen molar-refractivity contribution in [3.8, 4) is 11.3 Å². The number of aryl methyl sites for hydroxylation is 1. The maximum atomic E-state index is 6.26.